The third-order valence-electron chi connectivity index (χ3n) is 7.65. The van der Waals surface area contributed by atoms with Crippen molar-refractivity contribution >= 4 is 28.7 Å². The fraction of sp³-hybridized carbons (Fsp3) is 0.333. The highest BCUT2D eigenvalue weighted by molar-refractivity contribution is 6.33. The van der Waals surface area contributed by atoms with Crippen LogP contribution in [0.25, 0.3) is 28.1 Å². The van der Waals surface area contributed by atoms with Gasteiger partial charge in [0.25, 0.3) is 0 Å². The zero-order valence-electron chi connectivity index (χ0n) is 23.5. The highest BCUT2D eigenvalue weighted by atomic mass is 35.5. The van der Waals surface area contributed by atoms with Crippen LogP contribution in [0.5, 0.6) is 0 Å². The molecule has 0 N–H and O–H groups in total. The van der Waals surface area contributed by atoms with E-state index in [1.165, 1.54) is 21.3 Å². The number of likely N-dealkylation sites (tertiary alicyclic amines) is 1. The second-order valence-electron chi connectivity index (χ2n) is 11.1. The van der Waals surface area contributed by atoms with Crippen LogP contribution in [-0.2, 0) is 11.3 Å². The number of para-hydroxylation sites is 1. The first kappa shape index (κ1) is 30.9. The van der Waals surface area contributed by atoms with Crippen LogP contribution in [0.1, 0.15) is 58.1 Å². The van der Waals surface area contributed by atoms with E-state index in [0.29, 0.717) is 24.3 Å². The summed E-state index contributed by atoms with van der Waals surface area (Å²) < 4.78 is 17.7. The minimum atomic E-state index is -0.750. The Morgan fingerprint density at radius 3 is 2.24 bits per heavy atom. The van der Waals surface area contributed by atoms with Gasteiger partial charge in [-0.15, -0.1) is 0 Å². The maximum absolute atomic E-state index is 14.9. The van der Waals surface area contributed by atoms with Crippen LogP contribution < -0.4 is 11.1 Å². The van der Waals surface area contributed by atoms with Crippen LogP contribution >= 0.6 is 11.6 Å². The van der Waals surface area contributed by atoms with Crippen molar-refractivity contribution in [3.8, 4) is 16.9 Å². The molecule has 42 heavy (non-hydrogen) atoms. The summed E-state index contributed by atoms with van der Waals surface area (Å²) in [6, 6.07) is 13.6. The number of hydrogen-bond donors (Lipinski definition) is 0. The average Bonchev–Trinajstić information content (AvgIpc) is 2.92. The van der Waals surface area contributed by atoms with Crippen molar-refractivity contribution in [2.24, 2.45) is 5.92 Å². The van der Waals surface area contributed by atoms with Crippen molar-refractivity contribution in [3.05, 3.63) is 104 Å². The molecule has 3 heterocycles. The number of carbonyl (C=O) groups excluding carboxylic acids is 1. The molecule has 5 rings (SSSR count). The maximum Gasteiger partial charge on any atom is 0.322 e. The molecule has 1 amide bonds. The third-order valence-corrected chi connectivity index (χ3v) is 7.94. The monoisotopic (exact) mass is 590 g/mol. The number of carbonyl (C=O) groups is 1. The van der Waals surface area contributed by atoms with E-state index in [0.717, 1.165) is 11.1 Å². The van der Waals surface area contributed by atoms with Gasteiger partial charge < -0.3 is 9.47 Å². The van der Waals surface area contributed by atoms with E-state index >= 15 is 0 Å². The second kappa shape index (κ2) is 12.1. The lowest BCUT2D eigenvalue weighted by molar-refractivity contribution is -0.132. The van der Waals surface area contributed by atoms with Gasteiger partial charge in [0.2, 0.25) is 5.91 Å². The van der Waals surface area contributed by atoms with E-state index in [-0.39, 0.29) is 59.6 Å². The Hall–Kier alpha value is -4.04. The SMILES string of the molecule is C.C=CC(=O)N1CC(Cn2c(=O)c(=O)n(-c3c(C(C)C)cccc3C(C)C)c3nc(-c4ccccc4F)c(Cl)cc32)C1. The molecule has 0 aliphatic carbocycles. The van der Waals surface area contributed by atoms with Gasteiger partial charge in [0.1, 0.15) is 5.82 Å². The molecule has 9 heteroatoms. The van der Waals surface area contributed by atoms with Gasteiger partial charge in [0.15, 0.2) is 5.65 Å². The van der Waals surface area contributed by atoms with Gasteiger partial charge in [0, 0.05) is 31.1 Å². The Balaban J connectivity index is 0.00000405. The van der Waals surface area contributed by atoms with E-state index in [1.807, 2.05) is 45.9 Å². The van der Waals surface area contributed by atoms with E-state index in [4.69, 9.17) is 16.6 Å². The molecule has 1 saturated heterocycles. The minimum absolute atomic E-state index is 0. The molecule has 0 bridgehead atoms. The fourth-order valence-corrected chi connectivity index (χ4v) is 5.75. The number of fused-ring (bicyclic) bond motifs is 1. The topological polar surface area (TPSA) is 77.2 Å². The lowest BCUT2D eigenvalue weighted by Crippen LogP contribution is -2.52. The number of halogens is 2. The summed E-state index contributed by atoms with van der Waals surface area (Å²) in [4.78, 5) is 46.3. The molecule has 0 radical (unpaired) electrons. The normalized spacial score (nSPS) is 13.4. The van der Waals surface area contributed by atoms with Crippen molar-refractivity contribution in [1.29, 1.82) is 0 Å². The second-order valence-corrected chi connectivity index (χ2v) is 11.5. The third kappa shape index (κ3) is 5.31. The van der Waals surface area contributed by atoms with Crippen molar-refractivity contribution in [2.75, 3.05) is 13.1 Å². The van der Waals surface area contributed by atoms with Gasteiger partial charge in [-0.3, -0.25) is 19.0 Å². The Kier molecular flexibility index (Phi) is 8.87. The molecule has 220 valence electrons. The number of aromatic nitrogens is 3. The van der Waals surface area contributed by atoms with Crippen molar-refractivity contribution < 1.29 is 9.18 Å². The van der Waals surface area contributed by atoms with Gasteiger partial charge in [-0.2, -0.15) is 0 Å². The first-order valence-electron chi connectivity index (χ1n) is 13.7. The minimum Gasteiger partial charge on any atom is -0.338 e. The lowest BCUT2D eigenvalue weighted by atomic mass is 9.92. The first-order chi connectivity index (χ1) is 19.5. The number of nitrogens with zero attached hydrogens (tertiary/aromatic N) is 4. The summed E-state index contributed by atoms with van der Waals surface area (Å²) in [7, 11) is 0. The molecule has 1 aliphatic heterocycles. The largest absolute Gasteiger partial charge is 0.338 e. The Labute approximate surface area is 249 Å². The predicted octanol–water partition coefficient (Wildman–Crippen LogP) is 6.53. The van der Waals surface area contributed by atoms with Crippen molar-refractivity contribution in [3.63, 3.8) is 0 Å². The molecular weight excluding hydrogens is 555 g/mol. The van der Waals surface area contributed by atoms with Gasteiger partial charge in [-0.25, -0.2) is 9.37 Å². The molecule has 2 aromatic carbocycles. The number of pyridine rings is 1. The quantitative estimate of drug-likeness (QED) is 0.181. The first-order valence-corrected chi connectivity index (χ1v) is 14.1. The number of benzene rings is 2. The van der Waals surface area contributed by atoms with Crippen molar-refractivity contribution in [2.45, 2.75) is 53.5 Å². The van der Waals surface area contributed by atoms with Crippen LogP contribution in [0.2, 0.25) is 5.02 Å². The summed E-state index contributed by atoms with van der Waals surface area (Å²) in [5.74, 6) is -0.659. The molecule has 2 aromatic heterocycles. The summed E-state index contributed by atoms with van der Waals surface area (Å²) >= 11 is 6.71. The van der Waals surface area contributed by atoms with E-state index in [9.17, 15) is 18.8 Å². The highest BCUT2D eigenvalue weighted by Crippen LogP contribution is 2.35. The number of amides is 1. The molecule has 1 aliphatic rings. The zero-order valence-corrected chi connectivity index (χ0v) is 24.3. The smallest absolute Gasteiger partial charge is 0.322 e. The Bertz CT molecular complexity index is 1780. The molecule has 0 atom stereocenters. The molecule has 0 spiro atoms. The summed E-state index contributed by atoms with van der Waals surface area (Å²) in [5.41, 5.74) is 1.86. The van der Waals surface area contributed by atoms with E-state index in [1.54, 1.807) is 29.2 Å². The molecule has 0 saturated carbocycles. The lowest BCUT2D eigenvalue weighted by Gasteiger charge is -2.39. The van der Waals surface area contributed by atoms with Gasteiger partial charge in [-0.05, 0) is 47.2 Å². The molecule has 4 aromatic rings. The molecular formula is C33H36ClFN4O3. The summed E-state index contributed by atoms with van der Waals surface area (Å²) in [6.45, 7) is 12.7. The summed E-state index contributed by atoms with van der Waals surface area (Å²) in [5, 5.41) is 0.152. The maximum atomic E-state index is 14.9. The highest BCUT2D eigenvalue weighted by Gasteiger charge is 2.31. The molecule has 1 fully saturated rings. The van der Waals surface area contributed by atoms with Crippen LogP contribution in [0, 0.1) is 11.7 Å². The average molecular weight is 591 g/mol. The predicted molar refractivity (Wildman–Crippen MR) is 167 cm³/mol. The van der Waals surface area contributed by atoms with Crippen LogP contribution in [0.3, 0.4) is 0 Å². The van der Waals surface area contributed by atoms with Crippen LogP contribution in [0.15, 0.2) is 70.8 Å². The van der Waals surface area contributed by atoms with Crippen LogP contribution in [0.4, 0.5) is 4.39 Å². The number of rotatable bonds is 7. The molecule has 0 unspecified atom stereocenters. The van der Waals surface area contributed by atoms with E-state index in [2.05, 4.69) is 6.58 Å². The number of hydrogen-bond acceptors (Lipinski definition) is 4. The standard InChI is InChI=1S/C32H32ClFN4O3.CH4/c1-6-27(39)36-15-20(16-36)17-37-26-14-24(33)28(23-10-7-8-13-25(23)34)35-30(26)38(32(41)31(37)40)29-21(18(2)3)11-9-12-22(29)19(4)5;/h6-14,18-20H,1,15-17H2,2-5H3;1H4. The van der Waals surface area contributed by atoms with E-state index < -0.39 is 16.9 Å². The van der Waals surface area contributed by atoms with Crippen LogP contribution in [-0.4, -0.2) is 38.0 Å². The fourth-order valence-electron chi connectivity index (χ4n) is 5.50. The van der Waals surface area contributed by atoms with Gasteiger partial charge in [0.05, 0.1) is 21.9 Å². The Morgan fingerprint density at radius 2 is 1.67 bits per heavy atom. The zero-order chi connectivity index (χ0) is 29.6. The Morgan fingerprint density at radius 1 is 1.05 bits per heavy atom. The summed E-state index contributed by atoms with van der Waals surface area (Å²) in [6.07, 6.45) is 1.26. The molecule has 7 nitrogen and oxygen atoms in total. The van der Waals surface area contributed by atoms with Crippen molar-refractivity contribution in [1.82, 2.24) is 19.0 Å². The van der Waals surface area contributed by atoms with Gasteiger partial charge >= 0.3 is 11.1 Å². The van der Waals surface area contributed by atoms with Gasteiger partial charge in [-0.1, -0.05) is 83.6 Å².